The van der Waals surface area contributed by atoms with Crippen molar-refractivity contribution in [1.82, 2.24) is 9.97 Å². The van der Waals surface area contributed by atoms with Crippen molar-refractivity contribution in [3.63, 3.8) is 0 Å². The molecule has 0 atom stereocenters. The SMILES string of the molecule is c1ccc(NCCc2csc(-c3cscn3)n2)cc1. The highest BCUT2D eigenvalue weighted by atomic mass is 32.1. The number of nitrogens with one attached hydrogen (secondary N) is 1. The fourth-order valence-corrected chi connectivity index (χ4v) is 3.18. The van der Waals surface area contributed by atoms with E-state index in [0.29, 0.717) is 0 Å². The Labute approximate surface area is 120 Å². The average molecular weight is 287 g/mol. The van der Waals surface area contributed by atoms with Crippen LogP contribution in [0.5, 0.6) is 0 Å². The Balaban J connectivity index is 1.56. The van der Waals surface area contributed by atoms with Crippen LogP contribution in [0.15, 0.2) is 46.6 Å². The highest BCUT2D eigenvalue weighted by molar-refractivity contribution is 7.13. The van der Waals surface area contributed by atoms with Crippen molar-refractivity contribution >= 4 is 28.4 Å². The molecular weight excluding hydrogens is 274 g/mol. The third-order valence-electron chi connectivity index (χ3n) is 2.69. The Kier molecular flexibility index (Phi) is 3.86. The number of anilines is 1. The molecule has 3 rings (SSSR count). The lowest BCUT2D eigenvalue weighted by Crippen LogP contribution is -2.04. The van der Waals surface area contributed by atoms with Crippen LogP contribution in [0.3, 0.4) is 0 Å². The van der Waals surface area contributed by atoms with Crippen LogP contribution in [0, 0.1) is 0 Å². The molecule has 0 saturated heterocycles. The van der Waals surface area contributed by atoms with Crippen LogP contribution in [-0.2, 0) is 6.42 Å². The fraction of sp³-hybridized carbons (Fsp3) is 0.143. The van der Waals surface area contributed by atoms with E-state index in [0.717, 1.165) is 35.0 Å². The lowest BCUT2D eigenvalue weighted by Gasteiger charge is -2.03. The highest BCUT2D eigenvalue weighted by Gasteiger charge is 2.05. The van der Waals surface area contributed by atoms with Gasteiger partial charge in [0.15, 0.2) is 0 Å². The fourth-order valence-electron chi connectivity index (χ4n) is 1.75. The van der Waals surface area contributed by atoms with Crippen LogP contribution in [-0.4, -0.2) is 16.5 Å². The van der Waals surface area contributed by atoms with Gasteiger partial charge in [0, 0.05) is 29.4 Å². The Hall–Kier alpha value is -1.72. The summed E-state index contributed by atoms with van der Waals surface area (Å²) in [7, 11) is 0. The Bertz CT molecular complexity index is 617. The van der Waals surface area contributed by atoms with Gasteiger partial charge in [0.25, 0.3) is 0 Å². The van der Waals surface area contributed by atoms with Gasteiger partial charge in [-0.1, -0.05) is 18.2 Å². The van der Waals surface area contributed by atoms with E-state index in [1.165, 1.54) is 0 Å². The third kappa shape index (κ3) is 3.19. The van der Waals surface area contributed by atoms with E-state index in [-0.39, 0.29) is 0 Å². The van der Waals surface area contributed by atoms with E-state index in [1.807, 2.05) is 29.1 Å². The average Bonchev–Trinajstić information content (AvgIpc) is 3.10. The van der Waals surface area contributed by atoms with E-state index in [4.69, 9.17) is 0 Å². The summed E-state index contributed by atoms with van der Waals surface area (Å²) in [4.78, 5) is 8.89. The first kappa shape index (κ1) is 12.3. The van der Waals surface area contributed by atoms with Crippen molar-refractivity contribution in [2.24, 2.45) is 0 Å². The van der Waals surface area contributed by atoms with Crippen molar-refractivity contribution in [2.45, 2.75) is 6.42 Å². The van der Waals surface area contributed by atoms with Gasteiger partial charge in [0.05, 0.1) is 11.2 Å². The minimum Gasteiger partial charge on any atom is -0.385 e. The first-order valence-corrected chi connectivity index (χ1v) is 7.86. The summed E-state index contributed by atoms with van der Waals surface area (Å²) in [6, 6.07) is 10.2. The van der Waals surface area contributed by atoms with Crippen molar-refractivity contribution in [3.05, 3.63) is 52.3 Å². The van der Waals surface area contributed by atoms with Gasteiger partial charge in [-0.3, -0.25) is 0 Å². The Morgan fingerprint density at radius 2 is 2.00 bits per heavy atom. The van der Waals surface area contributed by atoms with Crippen molar-refractivity contribution in [2.75, 3.05) is 11.9 Å². The van der Waals surface area contributed by atoms with Crippen molar-refractivity contribution in [1.29, 1.82) is 0 Å². The zero-order valence-corrected chi connectivity index (χ0v) is 11.9. The normalized spacial score (nSPS) is 10.5. The van der Waals surface area contributed by atoms with Gasteiger partial charge in [-0.25, -0.2) is 9.97 Å². The lowest BCUT2D eigenvalue weighted by atomic mass is 10.3. The number of nitrogens with zero attached hydrogens (tertiary/aromatic N) is 2. The maximum Gasteiger partial charge on any atom is 0.142 e. The maximum absolute atomic E-state index is 4.61. The molecule has 0 fully saturated rings. The van der Waals surface area contributed by atoms with Crippen LogP contribution in [0.2, 0.25) is 0 Å². The minimum absolute atomic E-state index is 0.893. The highest BCUT2D eigenvalue weighted by Crippen LogP contribution is 2.23. The standard InChI is InChI=1S/C14H13N3S2/c1-2-4-11(5-3-1)15-7-6-12-8-19-14(17-12)13-9-18-10-16-13/h1-5,8-10,15H,6-7H2. The summed E-state index contributed by atoms with van der Waals surface area (Å²) >= 11 is 3.26. The molecular formula is C14H13N3S2. The van der Waals surface area contributed by atoms with Crippen LogP contribution >= 0.6 is 22.7 Å². The van der Waals surface area contributed by atoms with E-state index in [2.05, 4.69) is 32.8 Å². The molecule has 3 nitrogen and oxygen atoms in total. The molecule has 0 saturated carbocycles. The smallest absolute Gasteiger partial charge is 0.142 e. The molecule has 0 spiro atoms. The van der Waals surface area contributed by atoms with Crippen molar-refractivity contribution < 1.29 is 0 Å². The molecule has 1 aromatic carbocycles. The second-order valence-corrected chi connectivity index (χ2v) is 5.64. The number of rotatable bonds is 5. The predicted molar refractivity (Wildman–Crippen MR) is 81.9 cm³/mol. The quantitative estimate of drug-likeness (QED) is 0.773. The number of hydrogen-bond donors (Lipinski definition) is 1. The molecule has 19 heavy (non-hydrogen) atoms. The molecule has 0 aliphatic carbocycles. The van der Waals surface area contributed by atoms with Crippen LogP contribution in [0.1, 0.15) is 5.69 Å². The molecule has 0 bridgehead atoms. The van der Waals surface area contributed by atoms with E-state index in [9.17, 15) is 0 Å². The summed E-state index contributed by atoms with van der Waals surface area (Å²) in [5, 5.41) is 8.54. The number of hydrogen-bond acceptors (Lipinski definition) is 5. The number of thiazole rings is 2. The molecule has 0 aliphatic rings. The van der Waals surface area contributed by atoms with Gasteiger partial charge in [0.2, 0.25) is 0 Å². The molecule has 1 N–H and O–H groups in total. The molecule has 0 radical (unpaired) electrons. The van der Waals surface area contributed by atoms with Gasteiger partial charge >= 0.3 is 0 Å². The summed E-state index contributed by atoms with van der Waals surface area (Å²) in [6.45, 7) is 0.893. The Morgan fingerprint density at radius 1 is 1.11 bits per heavy atom. The Morgan fingerprint density at radius 3 is 2.79 bits per heavy atom. The van der Waals surface area contributed by atoms with Gasteiger partial charge < -0.3 is 5.32 Å². The van der Waals surface area contributed by atoms with E-state index < -0.39 is 0 Å². The zero-order valence-electron chi connectivity index (χ0n) is 10.2. The zero-order chi connectivity index (χ0) is 12.9. The second kappa shape index (κ2) is 5.95. The summed E-state index contributed by atoms with van der Waals surface area (Å²) in [6.07, 6.45) is 0.926. The molecule has 5 heteroatoms. The summed E-state index contributed by atoms with van der Waals surface area (Å²) in [5.74, 6) is 0. The summed E-state index contributed by atoms with van der Waals surface area (Å²) in [5.41, 5.74) is 5.10. The first-order valence-electron chi connectivity index (χ1n) is 6.04. The summed E-state index contributed by atoms with van der Waals surface area (Å²) < 4.78 is 0. The molecule has 96 valence electrons. The first-order chi connectivity index (χ1) is 9.42. The van der Waals surface area contributed by atoms with E-state index in [1.54, 1.807) is 22.7 Å². The lowest BCUT2D eigenvalue weighted by molar-refractivity contribution is 0.978. The molecule has 0 aliphatic heterocycles. The maximum atomic E-state index is 4.61. The number of benzene rings is 1. The van der Waals surface area contributed by atoms with Crippen LogP contribution < -0.4 is 5.32 Å². The van der Waals surface area contributed by atoms with Crippen LogP contribution in [0.25, 0.3) is 10.7 Å². The molecule has 3 aromatic rings. The van der Waals surface area contributed by atoms with Gasteiger partial charge in [0.1, 0.15) is 10.7 Å². The molecule has 2 heterocycles. The van der Waals surface area contributed by atoms with Gasteiger partial charge in [-0.15, -0.1) is 22.7 Å². The van der Waals surface area contributed by atoms with Gasteiger partial charge in [-0.05, 0) is 12.1 Å². The second-order valence-electron chi connectivity index (χ2n) is 4.06. The van der Waals surface area contributed by atoms with Gasteiger partial charge in [-0.2, -0.15) is 0 Å². The number of aromatic nitrogens is 2. The predicted octanol–water partition coefficient (Wildman–Crippen LogP) is 3.92. The topological polar surface area (TPSA) is 37.8 Å². The van der Waals surface area contributed by atoms with E-state index >= 15 is 0 Å². The molecule has 2 aromatic heterocycles. The van der Waals surface area contributed by atoms with Crippen LogP contribution in [0.4, 0.5) is 5.69 Å². The minimum atomic E-state index is 0.893. The monoisotopic (exact) mass is 287 g/mol. The molecule has 0 amide bonds. The molecule has 0 unspecified atom stereocenters. The number of para-hydroxylation sites is 1. The van der Waals surface area contributed by atoms with Crippen molar-refractivity contribution in [3.8, 4) is 10.7 Å². The third-order valence-corrected chi connectivity index (χ3v) is 4.19. The largest absolute Gasteiger partial charge is 0.385 e.